The van der Waals surface area contributed by atoms with Crippen LogP contribution in [0.15, 0.2) is 18.2 Å². The maximum atomic E-state index is 14.3. The van der Waals surface area contributed by atoms with E-state index in [0.29, 0.717) is 18.9 Å². The number of rotatable bonds is 3. The van der Waals surface area contributed by atoms with Crippen molar-refractivity contribution in [2.24, 2.45) is 0 Å². The van der Waals surface area contributed by atoms with E-state index in [-0.39, 0.29) is 17.4 Å². The van der Waals surface area contributed by atoms with Crippen molar-refractivity contribution < 1.29 is 9.18 Å². The third kappa shape index (κ3) is 3.15. The van der Waals surface area contributed by atoms with E-state index in [2.05, 4.69) is 20.6 Å². The highest BCUT2D eigenvalue weighted by molar-refractivity contribution is 5.95. The second-order valence-corrected chi connectivity index (χ2v) is 5.92. The third-order valence-corrected chi connectivity index (χ3v) is 4.13. The zero-order valence-electron chi connectivity index (χ0n) is 13.2. The van der Waals surface area contributed by atoms with Crippen LogP contribution >= 0.6 is 0 Å². The van der Waals surface area contributed by atoms with Crippen LogP contribution < -0.4 is 4.90 Å². The lowest BCUT2D eigenvalue weighted by molar-refractivity contribution is 0.0700. The number of amides is 1. The first-order valence-corrected chi connectivity index (χ1v) is 7.55. The van der Waals surface area contributed by atoms with Crippen molar-refractivity contribution in [3.63, 3.8) is 0 Å². The molecule has 1 aromatic carbocycles. The van der Waals surface area contributed by atoms with Crippen molar-refractivity contribution in [2.45, 2.75) is 18.8 Å². The van der Waals surface area contributed by atoms with Gasteiger partial charge in [0.05, 0.1) is 5.56 Å². The predicted octanol–water partition coefficient (Wildman–Crippen LogP) is 1.42. The molecule has 0 saturated carbocycles. The van der Waals surface area contributed by atoms with E-state index in [1.54, 1.807) is 21.9 Å². The van der Waals surface area contributed by atoms with Crippen LogP contribution in [0.3, 0.4) is 0 Å². The third-order valence-electron chi connectivity index (χ3n) is 4.13. The van der Waals surface area contributed by atoms with Gasteiger partial charge in [-0.05, 0) is 31.0 Å². The lowest BCUT2D eigenvalue weighted by Gasteiger charge is -2.31. The summed E-state index contributed by atoms with van der Waals surface area (Å²) in [7, 11) is 3.66. The zero-order chi connectivity index (χ0) is 16.4. The normalized spacial score (nSPS) is 18.0. The molecule has 7 nitrogen and oxygen atoms in total. The minimum absolute atomic E-state index is 0.0376. The molecule has 1 aliphatic heterocycles. The minimum atomic E-state index is -0.497. The zero-order valence-corrected chi connectivity index (χ0v) is 13.2. The molecule has 1 N–H and O–H groups in total. The van der Waals surface area contributed by atoms with E-state index in [0.717, 1.165) is 18.5 Å². The molecular formula is C15H19FN6O. The molecule has 8 heteroatoms. The number of hydrogen-bond acceptors (Lipinski definition) is 5. The van der Waals surface area contributed by atoms with Gasteiger partial charge in [0.1, 0.15) is 5.82 Å². The summed E-state index contributed by atoms with van der Waals surface area (Å²) in [5, 5.41) is 14.0. The summed E-state index contributed by atoms with van der Waals surface area (Å²) in [5.74, 6) is -0.148. The molecule has 2 heterocycles. The van der Waals surface area contributed by atoms with Gasteiger partial charge in [0.2, 0.25) is 0 Å². The molecule has 2 aromatic rings. The number of halogens is 1. The highest BCUT2D eigenvalue weighted by Crippen LogP contribution is 2.26. The first-order chi connectivity index (χ1) is 11.1. The number of carbonyl (C=O) groups is 1. The van der Waals surface area contributed by atoms with Crippen molar-refractivity contribution in [3.8, 4) is 0 Å². The van der Waals surface area contributed by atoms with E-state index in [1.165, 1.54) is 6.07 Å². The number of aromatic amines is 1. The van der Waals surface area contributed by atoms with E-state index < -0.39 is 5.82 Å². The summed E-state index contributed by atoms with van der Waals surface area (Å²) in [4.78, 5) is 16.1. The molecule has 0 radical (unpaired) electrons. The van der Waals surface area contributed by atoms with Crippen molar-refractivity contribution >= 4 is 11.6 Å². The number of nitrogens with zero attached hydrogens (tertiary/aromatic N) is 5. The fourth-order valence-corrected chi connectivity index (χ4v) is 2.84. The molecule has 1 aliphatic rings. The molecule has 0 unspecified atom stereocenters. The molecule has 1 atom stereocenters. The van der Waals surface area contributed by atoms with Gasteiger partial charge in [-0.25, -0.2) is 4.39 Å². The standard InChI is InChI=1S/C15H19FN6O/c1-21(2)11-5-6-12(13(16)8-11)15(23)22-7-3-4-10(9-22)14-17-19-20-18-14/h5-6,8,10H,3-4,7,9H2,1-2H3,(H,17,18,19,20)/t10-/m1/s1. The van der Waals surface area contributed by atoms with Gasteiger partial charge in [-0.15, -0.1) is 10.2 Å². The minimum Gasteiger partial charge on any atom is -0.378 e. The van der Waals surface area contributed by atoms with Gasteiger partial charge in [-0.3, -0.25) is 4.79 Å². The van der Waals surface area contributed by atoms with Crippen molar-refractivity contribution in [3.05, 3.63) is 35.4 Å². The molecule has 0 aliphatic carbocycles. The molecule has 1 amide bonds. The van der Waals surface area contributed by atoms with Crippen LogP contribution in [0.25, 0.3) is 0 Å². The number of likely N-dealkylation sites (tertiary alicyclic amines) is 1. The summed E-state index contributed by atoms with van der Waals surface area (Å²) in [6.07, 6.45) is 1.73. The number of piperidine rings is 1. The number of anilines is 1. The van der Waals surface area contributed by atoms with Crippen LogP contribution in [-0.2, 0) is 0 Å². The number of aromatic nitrogens is 4. The van der Waals surface area contributed by atoms with Crippen LogP contribution in [0.5, 0.6) is 0 Å². The van der Waals surface area contributed by atoms with E-state index >= 15 is 0 Å². The van der Waals surface area contributed by atoms with Crippen LogP contribution in [-0.4, -0.2) is 58.6 Å². The highest BCUT2D eigenvalue weighted by Gasteiger charge is 2.29. The Morgan fingerprint density at radius 2 is 2.26 bits per heavy atom. The van der Waals surface area contributed by atoms with E-state index in [1.807, 2.05) is 14.1 Å². The molecule has 3 rings (SSSR count). The van der Waals surface area contributed by atoms with Gasteiger partial charge >= 0.3 is 0 Å². The Hall–Kier alpha value is -2.51. The lowest BCUT2D eigenvalue weighted by Crippen LogP contribution is -2.39. The van der Waals surface area contributed by atoms with Gasteiger partial charge in [0, 0.05) is 38.8 Å². The summed E-state index contributed by atoms with van der Waals surface area (Å²) in [6, 6.07) is 4.68. The number of carbonyl (C=O) groups excluding carboxylic acids is 1. The number of hydrogen-bond donors (Lipinski definition) is 1. The first kappa shape index (κ1) is 15.4. The molecule has 1 aromatic heterocycles. The van der Waals surface area contributed by atoms with Crippen LogP contribution in [0, 0.1) is 5.82 Å². The summed E-state index contributed by atoms with van der Waals surface area (Å²) in [6.45, 7) is 1.09. The largest absolute Gasteiger partial charge is 0.378 e. The molecular weight excluding hydrogens is 299 g/mol. The Morgan fingerprint density at radius 3 is 2.91 bits per heavy atom. The Morgan fingerprint density at radius 1 is 1.43 bits per heavy atom. The average molecular weight is 318 g/mol. The Balaban J connectivity index is 1.77. The van der Waals surface area contributed by atoms with Gasteiger partial charge in [-0.2, -0.15) is 5.21 Å². The number of tetrazole rings is 1. The Labute approximate surface area is 133 Å². The van der Waals surface area contributed by atoms with Crippen molar-refractivity contribution in [2.75, 3.05) is 32.1 Å². The van der Waals surface area contributed by atoms with Crippen LogP contribution in [0.2, 0.25) is 0 Å². The highest BCUT2D eigenvalue weighted by atomic mass is 19.1. The van der Waals surface area contributed by atoms with Crippen LogP contribution in [0.1, 0.15) is 34.9 Å². The Kier molecular flexibility index (Phi) is 4.22. The summed E-state index contributed by atoms with van der Waals surface area (Å²) < 4.78 is 14.3. The van der Waals surface area contributed by atoms with E-state index in [4.69, 9.17) is 0 Å². The van der Waals surface area contributed by atoms with Crippen LogP contribution in [0.4, 0.5) is 10.1 Å². The number of H-pyrrole nitrogens is 1. The topological polar surface area (TPSA) is 78.0 Å². The predicted molar refractivity (Wildman–Crippen MR) is 82.8 cm³/mol. The number of nitrogens with one attached hydrogen (secondary N) is 1. The van der Waals surface area contributed by atoms with Gasteiger partial charge in [0.25, 0.3) is 5.91 Å². The fourth-order valence-electron chi connectivity index (χ4n) is 2.84. The quantitative estimate of drug-likeness (QED) is 0.926. The molecule has 1 fully saturated rings. The number of benzene rings is 1. The lowest BCUT2D eigenvalue weighted by atomic mass is 9.96. The van der Waals surface area contributed by atoms with Gasteiger partial charge < -0.3 is 9.80 Å². The monoisotopic (exact) mass is 318 g/mol. The second-order valence-electron chi connectivity index (χ2n) is 5.92. The average Bonchev–Trinajstić information content (AvgIpc) is 3.08. The first-order valence-electron chi connectivity index (χ1n) is 7.55. The van der Waals surface area contributed by atoms with E-state index in [9.17, 15) is 9.18 Å². The smallest absolute Gasteiger partial charge is 0.256 e. The molecule has 1 saturated heterocycles. The Bertz CT molecular complexity index is 687. The van der Waals surface area contributed by atoms with Gasteiger partial charge in [-0.1, -0.05) is 5.21 Å². The fraction of sp³-hybridized carbons (Fsp3) is 0.467. The molecule has 0 bridgehead atoms. The van der Waals surface area contributed by atoms with Crippen molar-refractivity contribution in [1.29, 1.82) is 0 Å². The SMILES string of the molecule is CN(C)c1ccc(C(=O)N2CCC[C@@H](c3nn[nH]n3)C2)c(F)c1. The summed E-state index contributed by atoms with van der Waals surface area (Å²) >= 11 is 0. The second kappa shape index (κ2) is 6.31. The molecule has 0 spiro atoms. The maximum absolute atomic E-state index is 14.3. The molecule has 122 valence electrons. The molecule has 23 heavy (non-hydrogen) atoms. The van der Waals surface area contributed by atoms with Gasteiger partial charge in [0.15, 0.2) is 5.82 Å². The maximum Gasteiger partial charge on any atom is 0.256 e. The summed E-state index contributed by atoms with van der Waals surface area (Å²) in [5.41, 5.74) is 0.826. The van der Waals surface area contributed by atoms with Crippen molar-refractivity contribution in [1.82, 2.24) is 25.5 Å².